The molecule has 1 fully saturated rings. The molecule has 108 valence electrons. The Labute approximate surface area is 113 Å². The van der Waals surface area contributed by atoms with E-state index in [9.17, 15) is 8.42 Å². The van der Waals surface area contributed by atoms with E-state index in [2.05, 4.69) is 19.8 Å². The molecule has 1 aliphatic heterocycles. The van der Waals surface area contributed by atoms with Gasteiger partial charge in [0.1, 0.15) is 4.90 Å². The molecule has 0 amide bonds. The Hall–Kier alpha value is -0.960. The zero-order valence-corrected chi connectivity index (χ0v) is 11.6. The van der Waals surface area contributed by atoms with E-state index in [1.807, 2.05) is 0 Å². The molecule has 0 aromatic carbocycles. The average Bonchev–Trinajstić information content (AvgIpc) is 2.93. The summed E-state index contributed by atoms with van der Waals surface area (Å²) in [5.41, 5.74) is 0. The van der Waals surface area contributed by atoms with Crippen molar-refractivity contribution >= 4 is 10.0 Å². The van der Waals surface area contributed by atoms with Crippen LogP contribution in [0.4, 0.5) is 0 Å². The van der Waals surface area contributed by atoms with Gasteiger partial charge in [-0.1, -0.05) is 0 Å². The summed E-state index contributed by atoms with van der Waals surface area (Å²) in [7, 11) is -3.46. The molecule has 1 aromatic rings. The first-order valence-electron chi connectivity index (χ1n) is 6.43. The molecule has 2 rings (SSSR count). The predicted molar refractivity (Wildman–Crippen MR) is 70.0 cm³/mol. The molecule has 0 radical (unpaired) electrons. The Morgan fingerprint density at radius 2 is 2.42 bits per heavy atom. The summed E-state index contributed by atoms with van der Waals surface area (Å²) in [6, 6.07) is 0. The number of hydrogen-bond donors (Lipinski definition) is 3. The highest BCUT2D eigenvalue weighted by Gasteiger charge is 2.20. The number of hydrogen-bond acceptors (Lipinski definition) is 5. The Balaban J connectivity index is 1.77. The van der Waals surface area contributed by atoms with E-state index in [0.29, 0.717) is 19.0 Å². The first kappa shape index (κ1) is 14.4. The van der Waals surface area contributed by atoms with E-state index < -0.39 is 10.0 Å². The summed E-state index contributed by atoms with van der Waals surface area (Å²) in [6.07, 6.45) is 4.74. The van der Waals surface area contributed by atoms with Crippen LogP contribution in [0.1, 0.15) is 12.8 Å². The summed E-state index contributed by atoms with van der Waals surface area (Å²) >= 11 is 0. The van der Waals surface area contributed by atoms with Gasteiger partial charge in [0.05, 0.1) is 6.20 Å². The highest BCUT2D eigenvalue weighted by Crippen LogP contribution is 2.15. The number of piperidine rings is 1. The maximum absolute atomic E-state index is 11.8. The van der Waals surface area contributed by atoms with Gasteiger partial charge in [0.2, 0.25) is 10.0 Å². The Kier molecular flexibility index (Phi) is 4.92. The van der Waals surface area contributed by atoms with E-state index in [1.54, 1.807) is 0 Å². The first-order chi connectivity index (χ1) is 9.12. The van der Waals surface area contributed by atoms with E-state index >= 15 is 0 Å². The molecular formula is C11H20N4O3S. The molecule has 0 bridgehead atoms. The van der Waals surface area contributed by atoms with Gasteiger partial charge in [-0.05, 0) is 25.3 Å². The second-order valence-corrected chi connectivity index (χ2v) is 6.59. The molecule has 0 saturated carbocycles. The van der Waals surface area contributed by atoms with Crippen molar-refractivity contribution in [1.29, 1.82) is 0 Å². The highest BCUT2D eigenvalue weighted by atomic mass is 32.2. The van der Waals surface area contributed by atoms with Crippen molar-refractivity contribution in [3.8, 4) is 0 Å². The molecule has 0 spiro atoms. The Morgan fingerprint density at radius 1 is 1.58 bits per heavy atom. The average molecular weight is 288 g/mol. The molecular weight excluding hydrogens is 268 g/mol. The van der Waals surface area contributed by atoms with Gasteiger partial charge in [0.25, 0.3) is 0 Å². The van der Waals surface area contributed by atoms with Crippen LogP contribution in [-0.4, -0.2) is 61.4 Å². The summed E-state index contributed by atoms with van der Waals surface area (Å²) in [5.74, 6) is 0.319. The van der Waals surface area contributed by atoms with Gasteiger partial charge in [-0.2, -0.15) is 5.10 Å². The van der Waals surface area contributed by atoms with Crippen LogP contribution in [0.5, 0.6) is 0 Å². The number of nitrogens with one attached hydrogen (secondary N) is 2. The smallest absolute Gasteiger partial charge is 0.243 e. The minimum Gasteiger partial charge on any atom is -0.396 e. The molecule has 7 nitrogen and oxygen atoms in total. The Morgan fingerprint density at radius 3 is 3.11 bits per heavy atom. The quantitative estimate of drug-likeness (QED) is 0.649. The topological polar surface area (TPSA) is 98.3 Å². The van der Waals surface area contributed by atoms with Gasteiger partial charge < -0.3 is 10.0 Å². The molecule has 1 aliphatic rings. The van der Waals surface area contributed by atoms with Crippen molar-refractivity contribution in [1.82, 2.24) is 19.8 Å². The van der Waals surface area contributed by atoms with Gasteiger partial charge in [0.15, 0.2) is 0 Å². The number of rotatable bonds is 6. The SMILES string of the molecule is O=S(=O)(NCCN1CCCC(CO)C1)c1cn[nH]c1. The molecule has 3 N–H and O–H groups in total. The van der Waals surface area contributed by atoms with Crippen molar-refractivity contribution in [2.24, 2.45) is 5.92 Å². The monoisotopic (exact) mass is 288 g/mol. The third-order valence-corrected chi connectivity index (χ3v) is 4.79. The van der Waals surface area contributed by atoms with Crippen LogP contribution in [0.2, 0.25) is 0 Å². The van der Waals surface area contributed by atoms with E-state index in [4.69, 9.17) is 5.11 Å². The molecule has 8 heteroatoms. The zero-order chi connectivity index (χ0) is 13.7. The highest BCUT2D eigenvalue weighted by molar-refractivity contribution is 7.89. The van der Waals surface area contributed by atoms with Crippen molar-refractivity contribution in [2.75, 3.05) is 32.8 Å². The summed E-state index contributed by atoms with van der Waals surface area (Å²) in [4.78, 5) is 2.34. The van der Waals surface area contributed by atoms with Gasteiger partial charge >= 0.3 is 0 Å². The number of likely N-dealkylation sites (tertiary alicyclic amines) is 1. The lowest BCUT2D eigenvalue weighted by Crippen LogP contribution is -2.41. The van der Waals surface area contributed by atoms with Crippen molar-refractivity contribution in [2.45, 2.75) is 17.7 Å². The van der Waals surface area contributed by atoms with Gasteiger partial charge in [-0.15, -0.1) is 0 Å². The van der Waals surface area contributed by atoms with Crippen LogP contribution in [0, 0.1) is 5.92 Å². The molecule has 1 unspecified atom stereocenters. The fourth-order valence-electron chi connectivity index (χ4n) is 2.31. The number of H-pyrrole nitrogens is 1. The van der Waals surface area contributed by atoms with Gasteiger partial charge in [-0.25, -0.2) is 13.1 Å². The summed E-state index contributed by atoms with van der Waals surface area (Å²) < 4.78 is 26.2. The largest absolute Gasteiger partial charge is 0.396 e. The second-order valence-electron chi connectivity index (χ2n) is 4.82. The van der Waals surface area contributed by atoms with Crippen molar-refractivity contribution in [3.05, 3.63) is 12.4 Å². The number of aromatic nitrogens is 2. The third kappa shape index (κ3) is 4.00. The minimum absolute atomic E-state index is 0.152. The number of sulfonamides is 1. The normalized spacial score (nSPS) is 21.6. The molecule has 19 heavy (non-hydrogen) atoms. The molecule has 0 aliphatic carbocycles. The number of aliphatic hydroxyl groups excluding tert-OH is 1. The molecule has 1 aromatic heterocycles. The second kappa shape index (κ2) is 6.47. The predicted octanol–water partition coefficient (Wildman–Crippen LogP) is -0.608. The van der Waals surface area contributed by atoms with Crippen LogP contribution in [0.15, 0.2) is 17.3 Å². The lowest BCUT2D eigenvalue weighted by molar-refractivity contribution is 0.122. The van der Waals surface area contributed by atoms with Crippen LogP contribution in [0.25, 0.3) is 0 Å². The summed E-state index contributed by atoms with van der Waals surface area (Å²) in [5, 5.41) is 15.2. The van der Waals surface area contributed by atoms with Crippen LogP contribution < -0.4 is 4.72 Å². The first-order valence-corrected chi connectivity index (χ1v) is 7.92. The van der Waals surface area contributed by atoms with Crippen molar-refractivity contribution in [3.63, 3.8) is 0 Å². The number of aromatic amines is 1. The van der Waals surface area contributed by atoms with E-state index in [0.717, 1.165) is 25.9 Å². The van der Waals surface area contributed by atoms with Crippen LogP contribution in [0.3, 0.4) is 0 Å². The van der Waals surface area contributed by atoms with Gasteiger partial charge in [-0.3, -0.25) is 5.10 Å². The molecule has 2 heterocycles. The van der Waals surface area contributed by atoms with E-state index in [-0.39, 0.29) is 11.5 Å². The fourth-order valence-corrected chi connectivity index (χ4v) is 3.24. The van der Waals surface area contributed by atoms with Gasteiger partial charge in [0, 0.05) is 32.4 Å². The van der Waals surface area contributed by atoms with E-state index in [1.165, 1.54) is 12.4 Å². The molecule has 1 saturated heterocycles. The Bertz CT molecular complexity index is 474. The fraction of sp³-hybridized carbons (Fsp3) is 0.727. The van der Waals surface area contributed by atoms with Crippen LogP contribution in [-0.2, 0) is 10.0 Å². The minimum atomic E-state index is -3.46. The number of nitrogens with zero attached hydrogens (tertiary/aromatic N) is 2. The molecule has 1 atom stereocenters. The van der Waals surface area contributed by atoms with Crippen LogP contribution >= 0.6 is 0 Å². The lowest BCUT2D eigenvalue weighted by Gasteiger charge is -2.31. The third-order valence-electron chi connectivity index (χ3n) is 3.36. The standard InChI is InChI=1S/C11H20N4O3S/c16-9-10-2-1-4-15(8-10)5-3-14-19(17,18)11-6-12-13-7-11/h6-7,10,14,16H,1-5,8-9H2,(H,12,13). The zero-order valence-electron chi connectivity index (χ0n) is 10.7. The maximum Gasteiger partial charge on any atom is 0.243 e. The number of aliphatic hydroxyl groups is 1. The van der Waals surface area contributed by atoms with Crippen molar-refractivity contribution < 1.29 is 13.5 Å². The summed E-state index contributed by atoms with van der Waals surface area (Å²) in [6.45, 7) is 3.03. The lowest BCUT2D eigenvalue weighted by atomic mass is 9.99. The maximum atomic E-state index is 11.8.